The lowest BCUT2D eigenvalue weighted by atomic mass is 9.99. The van der Waals surface area contributed by atoms with Gasteiger partial charge in [-0.15, -0.1) is 0 Å². The molecule has 0 fully saturated rings. The number of likely N-dealkylation sites (N-methyl/N-ethyl adjacent to an activating group) is 1. The quantitative estimate of drug-likeness (QED) is 0.802. The molecule has 2 rings (SSSR count). The number of phenolic OH excluding ortho intramolecular Hbond substituents is 1. The van der Waals surface area contributed by atoms with E-state index in [0.29, 0.717) is 5.75 Å². The Bertz CT molecular complexity index is 363. The fraction of sp³-hybridized carbons (Fsp3) is 0.500. The number of ether oxygens (including phenoxy) is 1. The molecule has 1 aliphatic rings. The molecule has 0 radical (unpaired) electrons. The van der Waals surface area contributed by atoms with Crippen molar-refractivity contribution in [2.45, 2.75) is 19.9 Å². The van der Waals surface area contributed by atoms with E-state index in [2.05, 4.69) is 11.8 Å². The van der Waals surface area contributed by atoms with Crippen LogP contribution in [0.4, 0.5) is 0 Å². The Morgan fingerprint density at radius 1 is 1.40 bits per heavy atom. The van der Waals surface area contributed by atoms with Gasteiger partial charge in [0.1, 0.15) is 0 Å². The molecule has 82 valence electrons. The molecular formula is C12H17NO2. The summed E-state index contributed by atoms with van der Waals surface area (Å²) in [6.45, 7) is 5.25. The van der Waals surface area contributed by atoms with Crippen molar-refractivity contribution in [3.8, 4) is 11.5 Å². The second-order valence-corrected chi connectivity index (χ2v) is 3.91. The van der Waals surface area contributed by atoms with Crippen LogP contribution in [-0.2, 0) is 13.0 Å². The maximum absolute atomic E-state index is 9.68. The second kappa shape index (κ2) is 4.11. The zero-order valence-corrected chi connectivity index (χ0v) is 9.29. The third-order valence-electron chi connectivity index (χ3n) is 3.04. The van der Waals surface area contributed by atoms with E-state index in [1.165, 1.54) is 11.1 Å². The molecule has 0 aliphatic carbocycles. The van der Waals surface area contributed by atoms with E-state index in [-0.39, 0.29) is 5.75 Å². The zero-order valence-electron chi connectivity index (χ0n) is 9.29. The predicted octanol–water partition coefficient (Wildman–Crippen LogP) is 1.78. The Labute approximate surface area is 90.3 Å². The van der Waals surface area contributed by atoms with Crippen molar-refractivity contribution in [3.05, 3.63) is 23.3 Å². The highest BCUT2D eigenvalue weighted by molar-refractivity contribution is 5.47. The van der Waals surface area contributed by atoms with Gasteiger partial charge in [0.2, 0.25) is 0 Å². The van der Waals surface area contributed by atoms with E-state index >= 15 is 0 Å². The van der Waals surface area contributed by atoms with Gasteiger partial charge in [0, 0.05) is 13.1 Å². The topological polar surface area (TPSA) is 32.7 Å². The van der Waals surface area contributed by atoms with Crippen LogP contribution in [0.2, 0.25) is 0 Å². The lowest BCUT2D eigenvalue weighted by Gasteiger charge is -2.27. The molecule has 3 nitrogen and oxygen atoms in total. The zero-order chi connectivity index (χ0) is 10.8. The van der Waals surface area contributed by atoms with Crippen molar-refractivity contribution in [3.63, 3.8) is 0 Å². The first-order valence-corrected chi connectivity index (χ1v) is 5.35. The van der Waals surface area contributed by atoms with Gasteiger partial charge in [0.05, 0.1) is 7.11 Å². The van der Waals surface area contributed by atoms with E-state index < -0.39 is 0 Å². The smallest absolute Gasteiger partial charge is 0.160 e. The molecule has 0 atom stereocenters. The Morgan fingerprint density at radius 3 is 2.87 bits per heavy atom. The van der Waals surface area contributed by atoms with Crippen LogP contribution >= 0.6 is 0 Å². The minimum atomic E-state index is 0.245. The highest BCUT2D eigenvalue weighted by Gasteiger charge is 2.17. The molecule has 1 aromatic rings. The molecule has 0 saturated carbocycles. The average molecular weight is 207 g/mol. The summed E-state index contributed by atoms with van der Waals surface area (Å²) in [7, 11) is 1.59. The molecule has 0 saturated heterocycles. The molecule has 1 aromatic carbocycles. The second-order valence-electron chi connectivity index (χ2n) is 3.91. The van der Waals surface area contributed by atoms with Gasteiger partial charge in [-0.25, -0.2) is 0 Å². The number of nitrogens with zero attached hydrogens (tertiary/aromatic N) is 1. The van der Waals surface area contributed by atoms with Gasteiger partial charge in [-0.05, 0) is 36.2 Å². The normalized spacial score (nSPS) is 16.1. The molecule has 0 amide bonds. The van der Waals surface area contributed by atoms with Crippen molar-refractivity contribution in [2.75, 3.05) is 20.2 Å². The van der Waals surface area contributed by atoms with Gasteiger partial charge in [0.25, 0.3) is 0 Å². The van der Waals surface area contributed by atoms with Crippen LogP contribution in [0.1, 0.15) is 18.1 Å². The van der Waals surface area contributed by atoms with Crippen molar-refractivity contribution >= 4 is 0 Å². The summed E-state index contributed by atoms with van der Waals surface area (Å²) in [4.78, 5) is 2.37. The van der Waals surface area contributed by atoms with Crippen LogP contribution in [-0.4, -0.2) is 30.2 Å². The van der Waals surface area contributed by atoms with Crippen LogP contribution in [0.25, 0.3) is 0 Å². The van der Waals surface area contributed by atoms with E-state index in [9.17, 15) is 5.11 Å². The van der Waals surface area contributed by atoms with Crippen LogP contribution in [0.5, 0.6) is 11.5 Å². The monoisotopic (exact) mass is 207 g/mol. The number of hydrogen-bond acceptors (Lipinski definition) is 3. The first kappa shape index (κ1) is 10.3. The highest BCUT2D eigenvalue weighted by atomic mass is 16.5. The Morgan fingerprint density at radius 2 is 2.20 bits per heavy atom. The number of fused-ring (bicyclic) bond motifs is 1. The van der Waals surface area contributed by atoms with Gasteiger partial charge in [-0.3, -0.25) is 4.90 Å². The Hall–Kier alpha value is -1.22. The molecule has 3 heteroatoms. The van der Waals surface area contributed by atoms with E-state index in [1.807, 2.05) is 12.1 Å². The van der Waals surface area contributed by atoms with Crippen LogP contribution in [0.3, 0.4) is 0 Å². The summed E-state index contributed by atoms with van der Waals surface area (Å²) >= 11 is 0. The van der Waals surface area contributed by atoms with Crippen molar-refractivity contribution in [1.29, 1.82) is 0 Å². The van der Waals surface area contributed by atoms with Crippen LogP contribution in [0.15, 0.2) is 12.1 Å². The van der Waals surface area contributed by atoms with Gasteiger partial charge < -0.3 is 9.84 Å². The number of phenols is 1. The van der Waals surface area contributed by atoms with Crippen LogP contribution in [0, 0.1) is 0 Å². The molecule has 0 unspecified atom stereocenters. The molecule has 0 spiro atoms. The minimum absolute atomic E-state index is 0.245. The summed E-state index contributed by atoms with van der Waals surface area (Å²) in [5.41, 5.74) is 2.52. The number of benzene rings is 1. The fourth-order valence-corrected chi connectivity index (χ4v) is 2.07. The fourth-order valence-electron chi connectivity index (χ4n) is 2.07. The van der Waals surface area contributed by atoms with E-state index in [0.717, 1.165) is 26.1 Å². The molecule has 1 heterocycles. The Balaban J connectivity index is 2.32. The van der Waals surface area contributed by atoms with Gasteiger partial charge in [-0.2, -0.15) is 0 Å². The minimum Gasteiger partial charge on any atom is -0.504 e. The van der Waals surface area contributed by atoms with Gasteiger partial charge in [-0.1, -0.05) is 6.92 Å². The number of aromatic hydroxyl groups is 1. The number of hydrogen-bond donors (Lipinski definition) is 1. The number of methoxy groups -OCH3 is 1. The van der Waals surface area contributed by atoms with Gasteiger partial charge >= 0.3 is 0 Å². The van der Waals surface area contributed by atoms with Crippen LogP contribution < -0.4 is 4.74 Å². The Kier molecular flexibility index (Phi) is 2.82. The first-order chi connectivity index (χ1) is 7.24. The third kappa shape index (κ3) is 1.92. The standard InChI is InChI=1S/C12H17NO2/c1-3-13-5-4-9-7-12(15-2)11(14)6-10(9)8-13/h6-7,14H,3-5,8H2,1-2H3. The maximum atomic E-state index is 9.68. The molecule has 1 N–H and O–H groups in total. The molecule has 0 aromatic heterocycles. The lowest BCUT2D eigenvalue weighted by molar-refractivity contribution is 0.266. The summed E-state index contributed by atoms with van der Waals surface area (Å²) in [6.07, 6.45) is 1.04. The summed E-state index contributed by atoms with van der Waals surface area (Å²) in [5.74, 6) is 0.827. The summed E-state index contributed by atoms with van der Waals surface area (Å²) in [5, 5.41) is 9.68. The van der Waals surface area contributed by atoms with Gasteiger partial charge in [0.15, 0.2) is 11.5 Å². The summed E-state index contributed by atoms with van der Waals surface area (Å²) < 4.78 is 5.10. The molecule has 1 aliphatic heterocycles. The molecule has 0 bridgehead atoms. The SMILES string of the molecule is CCN1CCc2cc(OC)c(O)cc2C1. The molecular weight excluding hydrogens is 190 g/mol. The van der Waals surface area contributed by atoms with E-state index in [1.54, 1.807) is 7.11 Å². The highest BCUT2D eigenvalue weighted by Crippen LogP contribution is 2.32. The lowest BCUT2D eigenvalue weighted by Crippen LogP contribution is -2.30. The van der Waals surface area contributed by atoms with Crippen molar-refractivity contribution < 1.29 is 9.84 Å². The summed E-state index contributed by atoms with van der Waals surface area (Å²) in [6, 6.07) is 3.79. The predicted molar refractivity (Wildman–Crippen MR) is 59.3 cm³/mol. The average Bonchev–Trinajstić information content (AvgIpc) is 2.27. The first-order valence-electron chi connectivity index (χ1n) is 5.35. The third-order valence-corrected chi connectivity index (χ3v) is 3.04. The van der Waals surface area contributed by atoms with E-state index in [4.69, 9.17) is 4.74 Å². The van der Waals surface area contributed by atoms with Crippen molar-refractivity contribution in [2.24, 2.45) is 0 Å². The molecule has 15 heavy (non-hydrogen) atoms. The number of rotatable bonds is 2. The largest absolute Gasteiger partial charge is 0.504 e. The van der Waals surface area contributed by atoms with Crippen molar-refractivity contribution in [1.82, 2.24) is 4.90 Å². The maximum Gasteiger partial charge on any atom is 0.160 e.